The van der Waals surface area contributed by atoms with Crippen molar-refractivity contribution in [2.75, 3.05) is 13.1 Å². The number of carbonyl (C=O) groups excluding carboxylic acids is 2. The Labute approximate surface area is 171 Å². The van der Waals surface area contributed by atoms with Crippen molar-refractivity contribution >= 4 is 11.8 Å². The average Bonchev–Trinajstić information content (AvgIpc) is 3.19. The van der Waals surface area contributed by atoms with E-state index in [2.05, 4.69) is 22.3 Å². The first-order valence-corrected chi connectivity index (χ1v) is 10.2. The molecule has 2 aromatic carbocycles. The molecule has 0 bridgehead atoms. The fourth-order valence-electron chi connectivity index (χ4n) is 3.80. The highest BCUT2D eigenvalue weighted by Gasteiger charge is 2.31. The molecule has 1 fully saturated rings. The molecule has 2 aromatic rings. The third kappa shape index (κ3) is 6.14. The summed E-state index contributed by atoms with van der Waals surface area (Å²) in [6, 6.07) is 15.8. The van der Waals surface area contributed by atoms with Gasteiger partial charge in [-0.05, 0) is 68.5 Å². The van der Waals surface area contributed by atoms with E-state index in [4.69, 9.17) is 5.73 Å². The van der Waals surface area contributed by atoms with Crippen molar-refractivity contribution in [1.29, 1.82) is 0 Å². The van der Waals surface area contributed by atoms with Crippen LogP contribution in [0.2, 0.25) is 0 Å². The largest absolute Gasteiger partial charge is 0.508 e. The molecular formula is C23H29N3O3. The number of nitrogens with two attached hydrogens (primary N) is 1. The minimum atomic E-state index is -0.809. The fourth-order valence-corrected chi connectivity index (χ4v) is 3.80. The molecule has 1 aliphatic rings. The van der Waals surface area contributed by atoms with Gasteiger partial charge in [0.05, 0.1) is 12.1 Å². The number of hydrogen-bond donors (Lipinski definition) is 3. The van der Waals surface area contributed by atoms with Gasteiger partial charge in [0.1, 0.15) is 5.75 Å². The topological polar surface area (TPSA) is 95.7 Å². The molecule has 0 saturated carbocycles. The summed E-state index contributed by atoms with van der Waals surface area (Å²) in [5.74, 6) is -0.553. The highest BCUT2D eigenvalue weighted by atomic mass is 16.3. The van der Waals surface area contributed by atoms with Gasteiger partial charge in [-0.25, -0.2) is 0 Å². The Morgan fingerprint density at radius 1 is 1.10 bits per heavy atom. The van der Waals surface area contributed by atoms with Gasteiger partial charge in [0.2, 0.25) is 11.8 Å². The lowest BCUT2D eigenvalue weighted by Crippen LogP contribution is -2.50. The van der Waals surface area contributed by atoms with E-state index in [0.717, 1.165) is 44.3 Å². The Kier molecular flexibility index (Phi) is 7.38. The zero-order chi connectivity index (χ0) is 20.6. The van der Waals surface area contributed by atoms with Gasteiger partial charge >= 0.3 is 0 Å². The Hall–Kier alpha value is -2.70. The molecule has 1 saturated heterocycles. The number of benzene rings is 2. The molecule has 0 aromatic heterocycles. The van der Waals surface area contributed by atoms with Crippen molar-refractivity contribution < 1.29 is 14.7 Å². The van der Waals surface area contributed by atoms with Crippen molar-refractivity contribution in [1.82, 2.24) is 10.2 Å². The normalized spacial score (nSPS) is 17.8. The maximum absolute atomic E-state index is 12.6. The third-order valence-electron chi connectivity index (χ3n) is 5.40. The molecule has 0 unspecified atom stereocenters. The summed E-state index contributed by atoms with van der Waals surface area (Å²) < 4.78 is 0. The number of phenolic OH excluding ortho intramolecular Hbond substituents is 1. The Balaban J connectivity index is 1.46. The van der Waals surface area contributed by atoms with Crippen LogP contribution in [-0.4, -0.2) is 47.0 Å². The Morgan fingerprint density at radius 3 is 2.55 bits per heavy atom. The molecule has 6 nitrogen and oxygen atoms in total. The smallest absolute Gasteiger partial charge is 0.243 e. The first-order valence-electron chi connectivity index (χ1n) is 10.2. The molecule has 0 spiro atoms. The van der Waals surface area contributed by atoms with E-state index < -0.39 is 11.9 Å². The van der Waals surface area contributed by atoms with Crippen molar-refractivity contribution in [2.45, 2.75) is 44.2 Å². The molecule has 154 valence electrons. The summed E-state index contributed by atoms with van der Waals surface area (Å²) >= 11 is 0. The van der Waals surface area contributed by atoms with Crippen LogP contribution in [0, 0.1) is 0 Å². The molecule has 2 amide bonds. The van der Waals surface area contributed by atoms with E-state index in [-0.39, 0.29) is 17.7 Å². The van der Waals surface area contributed by atoms with Crippen LogP contribution in [-0.2, 0) is 22.4 Å². The number of aryl methyl sites for hydroxylation is 1. The van der Waals surface area contributed by atoms with Gasteiger partial charge in [-0.15, -0.1) is 0 Å². The van der Waals surface area contributed by atoms with Gasteiger partial charge < -0.3 is 10.8 Å². The molecule has 1 aliphatic heterocycles. The SMILES string of the molecule is N[C@@H](Cc1ccc(O)cc1)C(=O)NC(=O)[C@@H]1CCCN1CCCc1ccccc1. The lowest BCUT2D eigenvalue weighted by atomic mass is 10.1. The average molecular weight is 396 g/mol. The summed E-state index contributed by atoms with van der Waals surface area (Å²) in [7, 11) is 0. The van der Waals surface area contributed by atoms with Crippen LogP contribution < -0.4 is 11.1 Å². The minimum absolute atomic E-state index is 0.163. The molecule has 29 heavy (non-hydrogen) atoms. The maximum atomic E-state index is 12.6. The summed E-state index contributed by atoms with van der Waals surface area (Å²) in [6.07, 6.45) is 3.98. The Morgan fingerprint density at radius 2 is 1.83 bits per heavy atom. The molecular weight excluding hydrogens is 366 g/mol. The van der Waals surface area contributed by atoms with E-state index in [1.807, 2.05) is 18.2 Å². The highest BCUT2D eigenvalue weighted by molar-refractivity contribution is 6.00. The predicted molar refractivity (Wildman–Crippen MR) is 112 cm³/mol. The number of phenols is 1. The molecule has 0 aliphatic carbocycles. The summed E-state index contributed by atoms with van der Waals surface area (Å²) in [5, 5.41) is 11.8. The Bertz CT molecular complexity index is 808. The quantitative estimate of drug-likeness (QED) is 0.635. The number of amides is 2. The molecule has 4 N–H and O–H groups in total. The standard InChI is InChI=1S/C23H29N3O3/c24-20(16-18-10-12-19(27)13-11-18)22(28)25-23(29)21-9-5-15-26(21)14-4-8-17-6-2-1-3-7-17/h1-3,6-7,10-13,20-21,27H,4-5,8-9,14-16,24H2,(H,25,28,29)/t20-,21-/m0/s1. The van der Waals surface area contributed by atoms with E-state index in [9.17, 15) is 14.7 Å². The molecule has 2 atom stereocenters. The van der Waals surface area contributed by atoms with Gasteiger partial charge in [0, 0.05) is 0 Å². The fraction of sp³-hybridized carbons (Fsp3) is 0.391. The second-order valence-corrected chi connectivity index (χ2v) is 7.61. The highest BCUT2D eigenvalue weighted by Crippen LogP contribution is 2.18. The van der Waals surface area contributed by atoms with E-state index >= 15 is 0 Å². The van der Waals surface area contributed by atoms with Crippen LogP contribution in [0.5, 0.6) is 5.75 Å². The number of rotatable bonds is 8. The lowest BCUT2D eigenvalue weighted by molar-refractivity contribution is -0.133. The number of aromatic hydroxyl groups is 1. The number of carbonyl (C=O) groups is 2. The zero-order valence-electron chi connectivity index (χ0n) is 16.6. The van der Waals surface area contributed by atoms with Crippen LogP contribution in [0.3, 0.4) is 0 Å². The number of hydrogen-bond acceptors (Lipinski definition) is 5. The number of likely N-dealkylation sites (tertiary alicyclic amines) is 1. The number of imide groups is 1. The third-order valence-corrected chi connectivity index (χ3v) is 5.40. The minimum Gasteiger partial charge on any atom is -0.508 e. The molecule has 6 heteroatoms. The number of nitrogens with one attached hydrogen (secondary N) is 1. The van der Waals surface area contributed by atoms with E-state index in [1.54, 1.807) is 24.3 Å². The van der Waals surface area contributed by atoms with Crippen LogP contribution in [0.25, 0.3) is 0 Å². The van der Waals surface area contributed by atoms with Gasteiger partial charge in [0.15, 0.2) is 0 Å². The second-order valence-electron chi connectivity index (χ2n) is 7.61. The molecule has 3 rings (SSSR count). The van der Waals surface area contributed by atoms with Crippen LogP contribution in [0.1, 0.15) is 30.4 Å². The van der Waals surface area contributed by atoms with E-state index in [0.29, 0.717) is 6.42 Å². The van der Waals surface area contributed by atoms with Gasteiger partial charge in [0.25, 0.3) is 0 Å². The van der Waals surface area contributed by atoms with Crippen molar-refractivity contribution in [3.63, 3.8) is 0 Å². The van der Waals surface area contributed by atoms with E-state index in [1.165, 1.54) is 5.56 Å². The predicted octanol–water partition coefficient (Wildman–Crippen LogP) is 2.00. The number of nitrogens with zero attached hydrogens (tertiary/aromatic N) is 1. The van der Waals surface area contributed by atoms with Gasteiger partial charge in [-0.3, -0.25) is 19.8 Å². The first kappa shape index (κ1) is 21.0. The van der Waals surface area contributed by atoms with Crippen molar-refractivity contribution in [2.24, 2.45) is 5.73 Å². The second kappa shape index (κ2) is 10.2. The van der Waals surface area contributed by atoms with Gasteiger partial charge in [-0.2, -0.15) is 0 Å². The van der Waals surface area contributed by atoms with Crippen LogP contribution >= 0.6 is 0 Å². The molecule has 0 radical (unpaired) electrons. The van der Waals surface area contributed by atoms with Crippen molar-refractivity contribution in [3.8, 4) is 5.75 Å². The molecule has 1 heterocycles. The van der Waals surface area contributed by atoms with Crippen molar-refractivity contribution in [3.05, 3.63) is 65.7 Å². The summed E-state index contributed by atoms with van der Waals surface area (Å²) in [5.41, 5.74) is 8.10. The monoisotopic (exact) mass is 395 g/mol. The zero-order valence-corrected chi connectivity index (χ0v) is 16.6. The maximum Gasteiger partial charge on any atom is 0.243 e. The lowest BCUT2D eigenvalue weighted by Gasteiger charge is -2.24. The summed E-state index contributed by atoms with van der Waals surface area (Å²) in [4.78, 5) is 27.2. The van der Waals surface area contributed by atoms with Gasteiger partial charge in [-0.1, -0.05) is 42.5 Å². The van der Waals surface area contributed by atoms with Crippen LogP contribution in [0.15, 0.2) is 54.6 Å². The first-order chi connectivity index (χ1) is 14.0. The van der Waals surface area contributed by atoms with Crippen LogP contribution in [0.4, 0.5) is 0 Å². The summed E-state index contributed by atoms with van der Waals surface area (Å²) in [6.45, 7) is 1.71.